The molecule has 0 fully saturated rings. The molecule has 0 saturated carbocycles. The van der Waals surface area contributed by atoms with Gasteiger partial charge in [-0.15, -0.1) is 10.2 Å². The van der Waals surface area contributed by atoms with Crippen LogP contribution < -0.4 is 5.73 Å². The van der Waals surface area contributed by atoms with E-state index < -0.39 is 0 Å². The van der Waals surface area contributed by atoms with Crippen LogP contribution in [0, 0.1) is 6.92 Å². The summed E-state index contributed by atoms with van der Waals surface area (Å²) in [4.78, 5) is 0. The molecule has 2 rings (SSSR count). The summed E-state index contributed by atoms with van der Waals surface area (Å²) in [5, 5.41) is 11.2. The van der Waals surface area contributed by atoms with Crippen LogP contribution in [0.15, 0.2) is 0 Å². The number of anilines is 1. The van der Waals surface area contributed by atoms with Crippen molar-refractivity contribution in [3.05, 3.63) is 11.5 Å². The maximum Gasteiger partial charge on any atom is 0.200 e. The van der Waals surface area contributed by atoms with Crippen molar-refractivity contribution in [1.29, 1.82) is 0 Å². The first-order chi connectivity index (χ1) is 6.11. The van der Waals surface area contributed by atoms with Gasteiger partial charge >= 0.3 is 0 Å². The molecule has 0 aliphatic heterocycles. The van der Waals surface area contributed by atoms with Crippen molar-refractivity contribution in [3.63, 3.8) is 0 Å². The summed E-state index contributed by atoms with van der Waals surface area (Å²) in [7, 11) is 0. The van der Waals surface area contributed by atoms with Gasteiger partial charge in [0.2, 0.25) is 5.65 Å². The van der Waals surface area contributed by atoms with Crippen molar-refractivity contribution < 1.29 is 0 Å². The molecule has 5 heteroatoms. The van der Waals surface area contributed by atoms with Gasteiger partial charge in [0.05, 0.1) is 11.4 Å². The highest BCUT2D eigenvalue weighted by Crippen LogP contribution is 2.19. The fourth-order valence-electron chi connectivity index (χ4n) is 1.35. The first-order valence-electron chi connectivity index (χ1n) is 4.30. The summed E-state index contributed by atoms with van der Waals surface area (Å²) in [6.07, 6.45) is 0. The molecule has 0 saturated heterocycles. The van der Waals surface area contributed by atoms with Gasteiger partial charge < -0.3 is 5.73 Å². The van der Waals surface area contributed by atoms with Crippen LogP contribution in [0.3, 0.4) is 0 Å². The van der Waals surface area contributed by atoms with Gasteiger partial charge in [-0.3, -0.25) is 5.10 Å². The SMILES string of the molecule is Cc1[nH]n2c(C(C)C)nnc2c1N. The molecule has 2 heterocycles. The lowest BCUT2D eigenvalue weighted by Crippen LogP contribution is -1.97. The predicted molar refractivity (Wildman–Crippen MR) is 50.6 cm³/mol. The average Bonchev–Trinajstić information content (AvgIpc) is 2.55. The minimum atomic E-state index is 0.340. The third-order valence-electron chi connectivity index (χ3n) is 2.13. The molecule has 0 unspecified atom stereocenters. The fraction of sp³-hybridized carbons (Fsp3) is 0.500. The molecule has 5 nitrogen and oxygen atoms in total. The molecule has 0 aliphatic carbocycles. The molecule has 2 aromatic rings. The zero-order valence-corrected chi connectivity index (χ0v) is 8.00. The summed E-state index contributed by atoms with van der Waals surface area (Å²) < 4.78 is 1.84. The molecule has 0 radical (unpaired) electrons. The predicted octanol–water partition coefficient (Wildman–Crippen LogP) is 1.07. The number of aromatic amines is 1. The quantitative estimate of drug-likeness (QED) is 0.687. The number of nitrogens with two attached hydrogens (primary N) is 1. The minimum Gasteiger partial charge on any atom is -0.394 e. The van der Waals surface area contributed by atoms with E-state index in [4.69, 9.17) is 5.73 Å². The van der Waals surface area contributed by atoms with Gasteiger partial charge in [-0.1, -0.05) is 13.8 Å². The lowest BCUT2D eigenvalue weighted by molar-refractivity contribution is 0.721. The van der Waals surface area contributed by atoms with Crippen molar-refractivity contribution >= 4 is 11.3 Å². The maximum absolute atomic E-state index is 5.80. The Morgan fingerprint density at radius 1 is 1.38 bits per heavy atom. The van der Waals surface area contributed by atoms with Crippen LogP contribution in [-0.2, 0) is 0 Å². The summed E-state index contributed by atoms with van der Waals surface area (Å²) in [6, 6.07) is 0. The van der Waals surface area contributed by atoms with E-state index >= 15 is 0 Å². The van der Waals surface area contributed by atoms with E-state index in [9.17, 15) is 0 Å². The van der Waals surface area contributed by atoms with E-state index in [1.165, 1.54) is 0 Å². The first kappa shape index (κ1) is 8.10. The van der Waals surface area contributed by atoms with Crippen molar-refractivity contribution in [3.8, 4) is 0 Å². The van der Waals surface area contributed by atoms with Gasteiger partial charge in [-0.25, -0.2) is 4.52 Å². The van der Waals surface area contributed by atoms with E-state index in [2.05, 4.69) is 29.1 Å². The Hall–Kier alpha value is -1.52. The number of hydrogen-bond donors (Lipinski definition) is 2. The smallest absolute Gasteiger partial charge is 0.200 e. The van der Waals surface area contributed by atoms with Gasteiger partial charge in [0.25, 0.3) is 0 Å². The number of fused-ring (bicyclic) bond motifs is 1. The van der Waals surface area contributed by atoms with E-state index in [1.807, 2.05) is 11.4 Å². The molecule has 0 aliphatic rings. The van der Waals surface area contributed by atoms with Crippen LogP contribution in [0.1, 0.15) is 31.3 Å². The third kappa shape index (κ3) is 0.998. The zero-order valence-electron chi connectivity index (χ0n) is 8.00. The number of H-pyrrole nitrogens is 1. The molecule has 0 aromatic carbocycles. The van der Waals surface area contributed by atoms with Gasteiger partial charge in [-0.05, 0) is 6.92 Å². The lowest BCUT2D eigenvalue weighted by Gasteiger charge is -1.98. The summed E-state index contributed by atoms with van der Waals surface area (Å²) in [5.74, 6) is 1.25. The van der Waals surface area contributed by atoms with Gasteiger partial charge in [-0.2, -0.15) is 0 Å². The topological polar surface area (TPSA) is 72.0 Å². The van der Waals surface area contributed by atoms with Crippen LogP contribution in [0.5, 0.6) is 0 Å². The van der Waals surface area contributed by atoms with Crippen molar-refractivity contribution in [2.75, 3.05) is 5.73 Å². The molecule has 0 atom stereocenters. The number of nitrogen functional groups attached to an aromatic ring is 1. The number of nitrogens with zero attached hydrogens (tertiary/aromatic N) is 3. The van der Waals surface area contributed by atoms with E-state index in [-0.39, 0.29) is 0 Å². The maximum atomic E-state index is 5.80. The number of rotatable bonds is 1. The van der Waals surface area contributed by atoms with E-state index in [0.29, 0.717) is 11.6 Å². The van der Waals surface area contributed by atoms with Crippen molar-refractivity contribution in [1.82, 2.24) is 19.8 Å². The summed E-state index contributed by atoms with van der Waals surface area (Å²) in [5.41, 5.74) is 8.14. The number of hydrogen-bond acceptors (Lipinski definition) is 3. The Morgan fingerprint density at radius 3 is 2.69 bits per heavy atom. The minimum absolute atomic E-state index is 0.340. The largest absolute Gasteiger partial charge is 0.394 e. The Bertz CT molecular complexity index is 437. The van der Waals surface area contributed by atoms with Crippen LogP contribution in [-0.4, -0.2) is 19.8 Å². The lowest BCUT2D eigenvalue weighted by atomic mass is 10.2. The molecular weight excluding hydrogens is 166 g/mol. The summed E-state index contributed by atoms with van der Waals surface area (Å²) >= 11 is 0. The molecule has 0 bridgehead atoms. The highest BCUT2D eigenvalue weighted by molar-refractivity contribution is 5.66. The Kier molecular flexibility index (Phi) is 1.55. The fourth-order valence-corrected chi connectivity index (χ4v) is 1.35. The second kappa shape index (κ2) is 2.48. The second-order valence-corrected chi connectivity index (χ2v) is 3.52. The molecule has 70 valence electrons. The third-order valence-corrected chi connectivity index (χ3v) is 2.13. The zero-order chi connectivity index (χ0) is 9.59. The number of nitrogens with one attached hydrogen (secondary N) is 1. The highest BCUT2D eigenvalue weighted by atomic mass is 15.4. The monoisotopic (exact) mass is 179 g/mol. The second-order valence-electron chi connectivity index (χ2n) is 3.52. The Balaban J connectivity index is 2.74. The van der Waals surface area contributed by atoms with Crippen LogP contribution in [0.2, 0.25) is 0 Å². The Labute approximate surface area is 75.9 Å². The van der Waals surface area contributed by atoms with Crippen molar-refractivity contribution in [2.24, 2.45) is 0 Å². The average molecular weight is 179 g/mol. The standard InChI is InChI=1S/C8H13N5/c1-4(2)7-10-11-8-6(9)5(3)12-13(7)8/h4,12H,9H2,1-3H3. The van der Waals surface area contributed by atoms with Crippen LogP contribution in [0.4, 0.5) is 5.69 Å². The molecule has 3 N–H and O–H groups in total. The molecule has 13 heavy (non-hydrogen) atoms. The first-order valence-corrected chi connectivity index (χ1v) is 4.30. The Morgan fingerprint density at radius 2 is 2.08 bits per heavy atom. The van der Waals surface area contributed by atoms with Gasteiger partial charge in [0.1, 0.15) is 0 Å². The molecular formula is C8H13N5. The van der Waals surface area contributed by atoms with Crippen molar-refractivity contribution in [2.45, 2.75) is 26.7 Å². The molecule has 0 spiro atoms. The van der Waals surface area contributed by atoms with Crippen LogP contribution in [0.25, 0.3) is 5.65 Å². The molecule has 0 amide bonds. The van der Waals surface area contributed by atoms with E-state index in [0.717, 1.165) is 17.2 Å². The van der Waals surface area contributed by atoms with E-state index in [1.54, 1.807) is 0 Å². The number of aryl methyl sites for hydroxylation is 1. The molecule has 2 aromatic heterocycles. The summed E-state index contributed by atoms with van der Waals surface area (Å²) in [6.45, 7) is 6.07. The highest BCUT2D eigenvalue weighted by Gasteiger charge is 2.14. The normalized spacial score (nSPS) is 11.7. The number of aromatic nitrogens is 4. The van der Waals surface area contributed by atoms with Crippen LogP contribution >= 0.6 is 0 Å². The van der Waals surface area contributed by atoms with Gasteiger partial charge in [0.15, 0.2) is 5.82 Å². The van der Waals surface area contributed by atoms with Gasteiger partial charge in [0, 0.05) is 5.92 Å².